The quantitative estimate of drug-likeness (QED) is 0.801. The summed E-state index contributed by atoms with van der Waals surface area (Å²) in [6.07, 6.45) is 3.54. The van der Waals surface area contributed by atoms with Crippen molar-refractivity contribution >= 4 is 12.6 Å². The van der Waals surface area contributed by atoms with Gasteiger partial charge >= 0.3 is 7.12 Å². The second-order valence-electron chi connectivity index (χ2n) is 6.94. The Morgan fingerprint density at radius 3 is 2.29 bits per heavy atom. The van der Waals surface area contributed by atoms with Crippen LogP contribution in [0.4, 0.5) is 4.39 Å². The van der Waals surface area contributed by atoms with Gasteiger partial charge in [-0.05, 0) is 65.2 Å². The number of hydrogen-bond acceptors (Lipinski definition) is 3. The minimum atomic E-state index is -0.597. The molecule has 0 unspecified atom stereocenters. The van der Waals surface area contributed by atoms with Crippen LogP contribution in [0, 0.1) is 5.82 Å². The molecular formula is C16H22BFO3. The van der Waals surface area contributed by atoms with E-state index in [0.717, 1.165) is 12.8 Å². The molecule has 114 valence electrons. The van der Waals surface area contributed by atoms with Crippen LogP contribution in [0.2, 0.25) is 0 Å². The first-order valence-corrected chi connectivity index (χ1v) is 7.60. The average Bonchev–Trinajstić information content (AvgIpc) is 2.54. The van der Waals surface area contributed by atoms with E-state index >= 15 is 0 Å². The van der Waals surface area contributed by atoms with Gasteiger partial charge in [0.15, 0.2) is 0 Å². The van der Waals surface area contributed by atoms with Gasteiger partial charge in [0.1, 0.15) is 11.6 Å². The molecule has 2 fully saturated rings. The first-order valence-electron chi connectivity index (χ1n) is 7.60. The van der Waals surface area contributed by atoms with Crippen molar-refractivity contribution in [2.75, 3.05) is 0 Å². The third-order valence-corrected chi connectivity index (χ3v) is 4.82. The zero-order valence-corrected chi connectivity index (χ0v) is 13.1. The summed E-state index contributed by atoms with van der Waals surface area (Å²) in [6.45, 7) is 7.94. The zero-order valence-electron chi connectivity index (χ0n) is 13.1. The maximum absolute atomic E-state index is 13.7. The standard InChI is InChI=1S/C16H22BFO3/c1-15(2)16(3,4)21-17(20-15)13-10-11(18)8-9-14(13)19-12-6-5-7-12/h8-10,12H,5-7H2,1-4H3. The lowest BCUT2D eigenvalue weighted by Crippen LogP contribution is -2.41. The van der Waals surface area contributed by atoms with Gasteiger partial charge in [-0.1, -0.05) is 0 Å². The Balaban J connectivity index is 1.88. The fourth-order valence-corrected chi connectivity index (χ4v) is 2.45. The molecule has 5 heteroatoms. The molecule has 0 spiro atoms. The third-order valence-electron chi connectivity index (χ3n) is 4.82. The molecule has 1 saturated carbocycles. The number of benzene rings is 1. The SMILES string of the molecule is CC1(C)OB(c2cc(F)ccc2OC2CCC2)OC1(C)C. The summed E-state index contributed by atoms with van der Waals surface area (Å²) < 4.78 is 31.6. The maximum atomic E-state index is 13.7. The Morgan fingerprint density at radius 2 is 1.76 bits per heavy atom. The molecular weight excluding hydrogens is 270 g/mol. The van der Waals surface area contributed by atoms with Crippen molar-refractivity contribution in [2.45, 2.75) is 64.3 Å². The van der Waals surface area contributed by atoms with Gasteiger partial charge in [0, 0.05) is 5.46 Å². The molecule has 0 radical (unpaired) electrons. The smallest absolute Gasteiger partial charge is 0.491 e. The van der Waals surface area contributed by atoms with E-state index in [0.29, 0.717) is 11.2 Å². The summed E-state index contributed by atoms with van der Waals surface area (Å²) in [5.74, 6) is 0.361. The van der Waals surface area contributed by atoms with E-state index in [9.17, 15) is 4.39 Å². The Kier molecular flexibility index (Phi) is 3.53. The minimum absolute atomic E-state index is 0.233. The zero-order chi connectivity index (χ0) is 15.3. The summed E-state index contributed by atoms with van der Waals surface area (Å²) in [7, 11) is -0.597. The molecule has 0 atom stereocenters. The Hall–Kier alpha value is -1.07. The lowest BCUT2D eigenvalue weighted by molar-refractivity contribution is 0.00578. The third kappa shape index (κ3) is 2.69. The predicted molar refractivity (Wildman–Crippen MR) is 80.4 cm³/mol. The van der Waals surface area contributed by atoms with Gasteiger partial charge in [-0.15, -0.1) is 0 Å². The largest absolute Gasteiger partial charge is 0.498 e. The van der Waals surface area contributed by atoms with Crippen LogP contribution in [0.3, 0.4) is 0 Å². The lowest BCUT2D eigenvalue weighted by Gasteiger charge is -2.32. The molecule has 21 heavy (non-hydrogen) atoms. The average molecular weight is 292 g/mol. The number of ether oxygens (including phenoxy) is 1. The minimum Gasteiger partial charge on any atom is -0.491 e. The van der Waals surface area contributed by atoms with Crippen molar-refractivity contribution in [2.24, 2.45) is 0 Å². The topological polar surface area (TPSA) is 27.7 Å². The van der Waals surface area contributed by atoms with E-state index in [1.807, 2.05) is 27.7 Å². The van der Waals surface area contributed by atoms with Crippen LogP contribution in [-0.4, -0.2) is 24.4 Å². The van der Waals surface area contributed by atoms with Gasteiger partial charge in [-0.25, -0.2) is 4.39 Å². The molecule has 3 nitrogen and oxygen atoms in total. The first kappa shape index (κ1) is 14.9. The monoisotopic (exact) mass is 292 g/mol. The van der Waals surface area contributed by atoms with E-state index in [-0.39, 0.29) is 11.9 Å². The normalized spacial score (nSPS) is 24.0. The van der Waals surface area contributed by atoms with Crippen LogP contribution in [0.25, 0.3) is 0 Å². The summed E-state index contributed by atoms with van der Waals surface area (Å²) in [4.78, 5) is 0. The van der Waals surface area contributed by atoms with Crippen molar-refractivity contribution in [3.63, 3.8) is 0 Å². The lowest BCUT2D eigenvalue weighted by atomic mass is 9.78. The van der Waals surface area contributed by atoms with E-state index in [1.54, 1.807) is 6.07 Å². The van der Waals surface area contributed by atoms with E-state index in [2.05, 4.69) is 0 Å². The van der Waals surface area contributed by atoms with Gasteiger partial charge < -0.3 is 14.0 Å². The maximum Gasteiger partial charge on any atom is 0.498 e. The molecule has 1 heterocycles. The Morgan fingerprint density at radius 1 is 1.14 bits per heavy atom. The summed E-state index contributed by atoms with van der Waals surface area (Å²) in [6, 6.07) is 4.55. The summed E-state index contributed by atoms with van der Waals surface area (Å²) in [5, 5.41) is 0. The fourth-order valence-electron chi connectivity index (χ4n) is 2.45. The highest BCUT2D eigenvalue weighted by molar-refractivity contribution is 6.63. The molecule has 1 aliphatic heterocycles. The highest BCUT2D eigenvalue weighted by Gasteiger charge is 2.52. The second kappa shape index (κ2) is 4.99. The highest BCUT2D eigenvalue weighted by Crippen LogP contribution is 2.37. The van der Waals surface area contributed by atoms with E-state index in [1.165, 1.54) is 18.6 Å². The Bertz CT molecular complexity index is 524. The molecule has 1 aromatic rings. The second-order valence-corrected chi connectivity index (χ2v) is 6.94. The van der Waals surface area contributed by atoms with Crippen LogP contribution in [0.15, 0.2) is 18.2 Å². The van der Waals surface area contributed by atoms with Gasteiger partial charge in [-0.3, -0.25) is 0 Å². The summed E-state index contributed by atoms with van der Waals surface area (Å²) in [5.41, 5.74) is -0.254. The van der Waals surface area contributed by atoms with Crippen LogP contribution in [0.1, 0.15) is 47.0 Å². The van der Waals surface area contributed by atoms with Crippen LogP contribution >= 0.6 is 0 Å². The van der Waals surface area contributed by atoms with Crippen LogP contribution in [-0.2, 0) is 9.31 Å². The van der Waals surface area contributed by atoms with Gasteiger partial charge in [-0.2, -0.15) is 0 Å². The molecule has 1 aromatic carbocycles. The molecule has 1 saturated heterocycles. The van der Waals surface area contributed by atoms with Gasteiger partial charge in [0.2, 0.25) is 0 Å². The Labute approximate surface area is 125 Å². The van der Waals surface area contributed by atoms with Crippen molar-refractivity contribution in [3.8, 4) is 5.75 Å². The number of halogens is 1. The van der Waals surface area contributed by atoms with Crippen molar-refractivity contribution in [1.29, 1.82) is 0 Å². The molecule has 3 rings (SSSR count). The fraction of sp³-hybridized carbons (Fsp3) is 0.625. The van der Waals surface area contributed by atoms with Crippen molar-refractivity contribution in [1.82, 2.24) is 0 Å². The van der Waals surface area contributed by atoms with Crippen molar-refractivity contribution < 1.29 is 18.4 Å². The van der Waals surface area contributed by atoms with Crippen LogP contribution < -0.4 is 10.2 Å². The van der Waals surface area contributed by atoms with Crippen LogP contribution in [0.5, 0.6) is 5.75 Å². The van der Waals surface area contributed by atoms with Crippen molar-refractivity contribution in [3.05, 3.63) is 24.0 Å². The molecule has 1 aliphatic carbocycles. The number of rotatable bonds is 3. The molecule has 0 N–H and O–H groups in total. The van der Waals surface area contributed by atoms with E-state index in [4.69, 9.17) is 14.0 Å². The van der Waals surface area contributed by atoms with Gasteiger partial charge in [0.05, 0.1) is 17.3 Å². The summed E-state index contributed by atoms with van der Waals surface area (Å²) >= 11 is 0. The number of hydrogen-bond donors (Lipinski definition) is 0. The molecule has 0 bridgehead atoms. The first-order chi connectivity index (χ1) is 9.78. The highest BCUT2D eigenvalue weighted by atomic mass is 19.1. The molecule has 0 aromatic heterocycles. The van der Waals surface area contributed by atoms with Gasteiger partial charge in [0.25, 0.3) is 0 Å². The van der Waals surface area contributed by atoms with E-state index < -0.39 is 18.3 Å². The predicted octanol–water partition coefficient (Wildman–Crippen LogP) is 3.06. The molecule has 0 amide bonds. The molecule has 2 aliphatic rings.